The van der Waals surface area contributed by atoms with Crippen molar-refractivity contribution >= 4 is 21.7 Å². The van der Waals surface area contributed by atoms with E-state index < -0.39 is 0 Å². The summed E-state index contributed by atoms with van der Waals surface area (Å²) in [6, 6.07) is 43.8. The quantitative estimate of drug-likeness (QED) is 0.195. The largest absolute Gasteiger partial charge is 0.265 e. The van der Waals surface area contributed by atoms with Gasteiger partial charge in [-0.05, 0) is 64.4 Å². The first kappa shape index (κ1) is 25.6. The van der Waals surface area contributed by atoms with Crippen molar-refractivity contribution in [2.75, 3.05) is 0 Å². The number of fused-ring (bicyclic) bond motifs is 3. The molecule has 0 bridgehead atoms. The van der Waals surface area contributed by atoms with Gasteiger partial charge in [0.1, 0.15) is 0 Å². The van der Waals surface area contributed by atoms with Gasteiger partial charge in [0.25, 0.3) is 0 Å². The summed E-state index contributed by atoms with van der Waals surface area (Å²) in [5, 5.41) is 3.57. The lowest BCUT2D eigenvalue weighted by atomic mass is 9.94. The maximum absolute atomic E-state index is 5.15. The third-order valence-corrected chi connectivity index (χ3v) is 7.90. The molecule has 0 saturated carbocycles. The SMILES string of the molecule is c1ccc(-c2cc(-c3ccc(-c4nc(-c5ccncc5)cc(-c5ccncc5)n4)cc3)nc3ccc4ccccc4c23)cc1. The highest BCUT2D eigenvalue weighted by molar-refractivity contribution is 6.13. The van der Waals surface area contributed by atoms with Crippen molar-refractivity contribution in [1.82, 2.24) is 24.9 Å². The second-order valence-electron chi connectivity index (χ2n) is 10.6. The summed E-state index contributed by atoms with van der Waals surface area (Å²) < 4.78 is 0. The first-order chi connectivity index (χ1) is 21.8. The van der Waals surface area contributed by atoms with Gasteiger partial charge >= 0.3 is 0 Å². The fourth-order valence-corrected chi connectivity index (χ4v) is 5.71. The van der Waals surface area contributed by atoms with Gasteiger partial charge in [0.05, 0.1) is 22.6 Å². The lowest BCUT2D eigenvalue weighted by Crippen LogP contribution is -1.96. The van der Waals surface area contributed by atoms with E-state index in [2.05, 4.69) is 107 Å². The van der Waals surface area contributed by atoms with Gasteiger partial charge in [-0.25, -0.2) is 15.0 Å². The van der Waals surface area contributed by atoms with Crippen LogP contribution in [0.2, 0.25) is 0 Å². The molecule has 44 heavy (non-hydrogen) atoms. The molecule has 4 aromatic heterocycles. The van der Waals surface area contributed by atoms with Crippen molar-refractivity contribution in [3.8, 4) is 56.3 Å². The van der Waals surface area contributed by atoms with Crippen LogP contribution in [0.1, 0.15) is 0 Å². The predicted octanol–water partition coefficient (Wildman–Crippen LogP) is 9.30. The molecule has 4 heterocycles. The van der Waals surface area contributed by atoms with Crippen molar-refractivity contribution in [2.24, 2.45) is 0 Å². The van der Waals surface area contributed by atoms with Gasteiger partial charge in [-0.1, -0.05) is 84.9 Å². The van der Waals surface area contributed by atoms with Gasteiger partial charge in [0.15, 0.2) is 5.82 Å². The third-order valence-electron chi connectivity index (χ3n) is 7.90. The highest BCUT2D eigenvalue weighted by atomic mass is 14.9. The van der Waals surface area contributed by atoms with Gasteiger partial charge in [-0.2, -0.15) is 0 Å². The molecule has 0 spiro atoms. The van der Waals surface area contributed by atoms with Crippen molar-refractivity contribution in [3.05, 3.63) is 152 Å². The minimum Gasteiger partial charge on any atom is -0.265 e. The lowest BCUT2D eigenvalue weighted by molar-refractivity contribution is 1.18. The van der Waals surface area contributed by atoms with Crippen LogP contribution in [0.25, 0.3) is 78.0 Å². The Hall–Kier alpha value is -6.07. The van der Waals surface area contributed by atoms with Crippen LogP contribution >= 0.6 is 0 Å². The molecule has 0 fully saturated rings. The van der Waals surface area contributed by atoms with Gasteiger partial charge in [-0.3, -0.25) is 9.97 Å². The van der Waals surface area contributed by atoms with Crippen molar-refractivity contribution in [3.63, 3.8) is 0 Å². The Balaban J connectivity index is 1.25. The number of hydrogen-bond acceptors (Lipinski definition) is 5. The molecule has 4 aromatic carbocycles. The van der Waals surface area contributed by atoms with Crippen molar-refractivity contribution < 1.29 is 0 Å². The first-order valence-electron chi connectivity index (χ1n) is 14.5. The van der Waals surface area contributed by atoms with Crippen LogP contribution in [0.5, 0.6) is 0 Å². The van der Waals surface area contributed by atoms with Gasteiger partial charge in [-0.15, -0.1) is 0 Å². The molecule has 206 valence electrons. The average Bonchev–Trinajstić information content (AvgIpc) is 3.12. The van der Waals surface area contributed by atoms with E-state index in [4.69, 9.17) is 15.0 Å². The van der Waals surface area contributed by atoms with Gasteiger partial charge in [0, 0.05) is 52.4 Å². The summed E-state index contributed by atoms with van der Waals surface area (Å²) in [5.74, 6) is 0.653. The molecule has 0 amide bonds. The van der Waals surface area contributed by atoms with E-state index in [0.29, 0.717) is 5.82 Å². The second kappa shape index (κ2) is 11.0. The highest BCUT2D eigenvalue weighted by Gasteiger charge is 2.14. The Bertz CT molecular complexity index is 2190. The summed E-state index contributed by atoms with van der Waals surface area (Å²) >= 11 is 0. The number of benzene rings is 4. The van der Waals surface area contributed by atoms with Crippen molar-refractivity contribution in [1.29, 1.82) is 0 Å². The third kappa shape index (κ3) is 4.76. The van der Waals surface area contributed by atoms with E-state index in [1.165, 1.54) is 27.3 Å². The van der Waals surface area contributed by atoms with Crippen LogP contribution in [0.15, 0.2) is 152 Å². The lowest BCUT2D eigenvalue weighted by Gasteiger charge is -2.13. The zero-order valence-electron chi connectivity index (χ0n) is 23.7. The fourth-order valence-electron chi connectivity index (χ4n) is 5.71. The van der Waals surface area contributed by atoms with E-state index in [-0.39, 0.29) is 0 Å². The monoisotopic (exact) mass is 563 g/mol. The number of nitrogens with zero attached hydrogens (tertiary/aromatic N) is 5. The zero-order valence-corrected chi connectivity index (χ0v) is 23.7. The fraction of sp³-hybridized carbons (Fsp3) is 0. The van der Waals surface area contributed by atoms with Gasteiger partial charge in [0.2, 0.25) is 0 Å². The molecule has 0 unspecified atom stereocenters. The molecular weight excluding hydrogens is 538 g/mol. The molecule has 0 aliphatic carbocycles. The number of aromatic nitrogens is 5. The summed E-state index contributed by atoms with van der Waals surface area (Å²) in [5.41, 5.74) is 9.82. The Labute approximate surface area is 254 Å². The maximum atomic E-state index is 5.15. The molecule has 0 radical (unpaired) electrons. The van der Waals surface area contributed by atoms with Crippen LogP contribution in [0.3, 0.4) is 0 Å². The summed E-state index contributed by atoms with van der Waals surface area (Å²) in [4.78, 5) is 23.4. The Kier molecular flexibility index (Phi) is 6.39. The van der Waals surface area contributed by atoms with Crippen LogP contribution < -0.4 is 0 Å². The smallest absolute Gasteiger partial charge is 0.160 e. The molecule has 0 aliphatic heterocycles. The average molecular weight is 564 g/mol. The molecule has 0 N–H and O–H groups in total. The number of pyridine rings is 3. The van der Waals surface area contributed by atoms with E-state index in [1.807, 2.05) is 30.3 Å². The zero-order chi connectivity index (χ0) is 29.3. The highest BCUT2D eigenvalue weighted by Crippen LogP contribution is 2.37. The number of hydrogen-bond donors (Lipinski definition) is 0. The molecule has 0 saturated heterocycles. The van der Waals surface area contributed by atoms with E-state index in [9.17, 15) is 0 Å². The Morgan fingerprint density at radius 2 is 0.955 bits per heavy atom. The first-order valence-corrected chi connectivity index (χ1v) is 14.5. The summed E-state index contributed by atoms with van der Waals surface area (Å²) in [6.45, 7) is 0. The predicted molar refractivity (Wildman–Crippen MR) is 178 cm³/mol. The molecule has 0 atom stereocenters. The van der Waals surface area contributed by atoms with E-state index >= 15 is 0 Å². The van der Waals surface area contributed by atoms with Gasteiger partial charge < -0.3 is 0 Å². The Morgan fingerprint density at radius 3 is 1.64 bits per heavy atom. The van der Waals surface area contributed by atoms with Crippen LogP contribution in [0, 0.1) is 0 Å². The van der Waals surface area contributed by atoms with Crippen LogP contribution in [-0.4, -0.2) is 24.9 Å². The van der Waals surface area contributed by atoms with Crippen molar-refractivity contribution in [2.45, 2.75) is 0 Å². The molecular formula is C39H25N5. The molecule has 8 rings (SSSR count). The normalized spacial score (nSPS) is 11.2. The van der Waals surface area contributed by atoms with E-state index in [0.717, 1.165) is 44.9 Å². The molecule has 5 heteroatoms. The second-order valence-corrected chi connectivity index (χ2v) is 10.6. The maximum Gasteiger partial charge on any atom is 0.160 e. The Morgan fingerprint density at radius 1 is 0.386 bits per heavy atom. The molecule has 0 aliphatic rings. The minimum atomic E-state index is 0.653. The van der Waals surface area contributed by atoms with E-state index in [1.54, 1.807) is 24.8 Å². The van der Waals surface area contributed by atoms with Crippen LogP contribution in [0.4, 0.5) is 0 Å². The standard InChI is InChI=1S/C39H25N5/c1-2-6-26(7-3-1)33-24-35(42-34-15-14-27-8-4-5-9-32(27)38(33)34)28-10-12-31(13-11-28)39-43-36(29-16-20-40-21-17-29)25-37(44-39)30-18-22-41-23-19-30/h1-25H. The topological polar surface area (TPSA) is 64.5 Å². The molecule has 8 aromatic rings. The van der Waals surface area contributed by atoms with Crippen LogP contribution in [-0.2, 0) is 0 Å². The summed E-state index contributed by atoms with van der Waals surface area (Å²) in [7, 11) is 0. The minimum absolute atomic E-state index is 0.653. The summed E-state index contributed by atoms with van der Waals surface area (Å²) in [6.07, 6.45) is 7.12. The number of rotatable bonds is 5. The molecule has 5 nitrogen and oxygen atoms in total.